The van der Waals surface area contributed by atoms with Crippen molar-refractivity contribution in [1.29, 1.82) is 0 Å². The lowest BCUT2D eigenvalue weighted by molar-refractivity contribution is -0.125. The molecule has 0 aliphatic rings. The molecule has 0 rings (SSSR count). The minimum absolute atomic E-state index is 0.0800. The van der Waals surface area contributed by atoms with Crippen molar-refractivity contribution >= 4 is 17.7 Å². The van der Waals surface area contributed by atoms with Gasteiger partial charge in [0.05, 0.1) is 5.54 Å². The molecule has 0 saturated heterocycles. The van der Waals surface area contributed by atoms with Gasteiger partial charge in [-0.05, 0) is 32.3 Å². The van der Waals surface area contributed by atoms with Crippen molar-refractivity contribution in [3.05, 3.63) is 0 Å². The molecule has 0 spiro atoms. The Hall–Kier alpha value is -0.220. The number of thioether (sulfide) groups is 1. The molecule has 3 N–H and O–H groups in total. The molecule has 0 aliphatic heterocycles. The maximum Gasteiger partial charge on any atom is 0.239 e. The van der Waals surface area contributed by atoms with Crippen molar-refractivity contribution in [3.8, 4) is 0 Å². The third-order valence-corrected chi connectivity index (χ3v) is 2.09. The molecular weight excluding hydrogens is 172 g/mol. The average Bonchev–Trinajstić information content (AvgIpc) is 1.96. The molecule has 0 bridgehead atoms. The van der Waals surface area contributed by atoms with Gasteiger partial charge in [0.1, 0.15) is 0 Å². The third kappa shape index (κ3) is 5.43. The van der Waals surface area contributed by atoms with Crippen molar-refractivity contribution in [2.75, 3.05) is 18.6 Å². The van der Waals surface area contributed by atoms with E-state index >= 15 is 0 Å². The monoisotopic (exact) mass is 190 g/mol. The molecule has 0 radical (unpaired) electrons. The van der Waals surface area contributed by atoms with E-state index < -0.39 is 5.54 Å². The molecular formula is C8H18N2OS. The van der Waals surface area contributed by atoms with Crippen LogP contribution in [-0.4, -0.2) is 30.0 Å². The molecule has 3 nitrogen and oxygen atoms in total. The topological polar surface area (TPSA) is 55.1 Å². The summed E-state index contributed by atoms with van der Waals surface area (Å²) < 4.78 is 0. The Morgan fingerprint density at radius 3 is 2.58 bits per heavy atom. The minimum Gasteiger partial charge on any atom is -0.354 e. The summed E-state index contributed by atoms with van der Waals surface area (Å²) in [6.45, 7) is 4.13. The van der Waals surface area contributed by atoms with E-state index in [0.29, 0.717) is 0 Å². The molecule has 0 atom stereocenters. The second-order valence-corrected chi connectivity index (χ2v) is 4.31. The lowest BCUT2D eigenvalue weighted by atomic mass is 10.1. The molecule has 0 aromatic carbocycles. The molecule has 12 heavy (non-hydrogen) atoms. The summed E-state index contributed by atoms with van der Waals surface area (Å²) >= 11 is 1.78. The second-order valence-electron chi connectivity index (χ2n) is 3.32. The summed E-state index contributed by atoms with van der Waals surface area (Å²) in [5, 5.41) is 2.78. The lowest BCUT2D eigenvalue weighted by Crippen LogP contribution is -2.49. The molecule has 0 saturated carbocycles. The molecule has 0 fully saturated rings. The number of nitrogens with two attached hydrogens (primary N) is 1. The van der Waals surface area contributed by atoms with Crippen LogP contribution in [0.15, 0.2) is 0 Å². The van der Waals surface area contributed by atoms with E-state index in [1.165, 1.54) is 0 Å². The predicted octanol–water partition coefficient (Wildman–Crippen LogP) is 0.593. The van der Waals surface area contributed by atoms with E-state index in [-0.39, 0.29) is 5.91 Å². The Balaban J connectivity index is 3.45. The first kappa shape index (κ1) is 11.8. The molecule has 0 aromatic rings. The summed E-state index contributed by atoms with van der Waals surface area (Å²) in [4.78, 5) is 11.2. The highest BCUT2D eigenvalue weighted by molar-refractivity contribution is 7.98. The van der Waals surface area contributed by atoms with Crippen molar-refractivity contribution < 1.29 is 4.79 Å². The normalized spacial score (nSPS) is 11.3. The molecule has 1 amide bonds. The first-order valence-corrected chi connectivity index (χ1v) is 5.44. The van der Waals surface area contributed by atoms with Crippen molar-refractivity contribution in [1.82, 2.24) is 5.32 Å². The van der Waals surface area contributed by atoms with Gasteiger partial charge in [0.15, 0.2) is 0 Å². The summed E-state index contributed by atoms with van der Waals surface area (Å²) in [5.41, 5.74) is 4.83. The maximum atomic E-state index is 11.2. The van der Waals surface area contributed by atoms with Gasteiger partial charge in [0, 0.05) is 6.54 Å². The zero-order valence-electron chi connectivity index (χ0n) is 8.02. The van der Waals surface area contributed by atoms with Crippen LogP contribution in [0.25, 0.3) is 0 Å². The van der Waals surface area contributed by atoms with Crippen LogP contribution in [0.4, 0.5) is 0 Å². The smallest absolute Gasteiger partial charge is 0.239 e. The van der Waals surface area contributed by atoms with E-state index in [2.05, 4.69) is 11.6 Å². The van der Waals surface area contributed by atoms with Crippen molar-refractivity contribution in [3.63, 3.8) is 0 Å². The molecule has 0 aromatic heterocycles. The van der Waals surface area contributed by atoms with Crippen LogP contribution in [0.5, 0.6) is 0 Å². The Kier molecular flexibility index (Phi) is 5.33. The van der Waals surface area contributed by atoms with Gasteiger partial charge >= 0.3 is 0 Å². The number of amides is 1. The molecule has 72 valence electrons. The summed E-state index contributed by atoms with van der Waals surface area (Å²) in [6.07, 6.45) is 3.05. The van der Waals surface area contributed by atoms with Gasteiger partial charge in [-0.15, -0.1) is 0 Å². The van der Waals surface area contributed by atoms with Crippen LogP contribution in [-0.2, 0) is 4.79 Å². The lowest BCUT2D eigenvalue weighted by Gasteiger charge is -2.17. The van der Waals surface area contributed by atoms with Crippen LogP contribution >= 0.6 is 11.8 Å². The van der Waals surface area contributed by atoms with Gasteiger partial charge < -0.3 is 11.1 Å². The quantitative estimate of drug-likeness (QED) is 0.624. The Morgan fingerprint density at radius 2 is 2.17 bits per heavy atom. The SMILES string of the molecule is CSCCCNC(=O)C(C)(C)N. The van der Waals surface area contributed by atoms with Gasteiger partial charge in [-0.25, -0.2) is 0 Å². The molecule has 0 aliphatic carbocycles. The second kappa shape index (κ2) is 5.43. The van der Waals surface area contributed by atoms with Crippen molar-refractivity contribution in [2.24, 2.45) is 5.73 Å². The highest BCUT2D eigenvalue weighted by Gasteiger charge is 2.20. The Bertz CT molecular complexity index is 142. The van der Waals surface area contributed by atoms with Crippen LogP contribution in [0.3, 0.4) is 0 Å². The van der Waals surface area contributed by atoms with Crippen LogP contribution in [0.1, 0.15) is 20.3 Å². The average molecular weight is 190 g/mol. The third-order valence-electron chi connectivity index (χ3n) is 1.40. The predicted molar refractivity (Wildman–Crippen MR) is 54.3 cm³/mol. The van der Waals surface area contributed by atoms with Crippen molar-refractivity contribution in [2.45, 2.75) is 25.8 Å². The van der Waals surface area contributed by atoms with E-state index in [1.54, 1.807) is 25.6 Å². The van der Waals surface area contributed by atoms with E-state index in [1.807, 2.05) is 0 Å². The fraction of sp³-hybridized carbons (Fsp3) is 0.875. The van der Waals surface area contributed by atoms with Crippen LogP contribution < -0.4 is 11.1 Å². The number of nitrogens with one attached hydrogen (secondary N) is 1. The van der Waals surface area contributed by atoms with Crippen LogP contribution in [0, 0.1) is 0 Å². The summed E-state index contributed by atoms with van der Waals surface area (Å²) in [6, 6.07) is 0. The highest BCUT2D eigenvalue weighted by Crippen LogP contribution is 1.97. The number of carbonyl (C=O) groups is 1. The van der Waals surface area contributed by atoms with Gasteiger partial charge in [-0.2, -0.15) is 11.8 Å². The van der Waals surface area contributed by atoms with Gasteiger partial charge in [0.2, 0.25) is 5.91 Å². The number of rotatable bonds is 5. The standard InChI is InChI=1S/C8H18N2OS/c1-8(2,9)7(11)10-5-4-6-12-3/h4-6,9H2,1-3H3,(H,10,11). The fourth-order valence-electron chi connectivity index (χ4n) is 0.646. The number of hydrogen-bond donors (Lipinski definition) is 2. The number of carbonyl (C=O) groups excluding carboxylic acids is 1. The largest absolute Gasteiger partial charge is 0.354 e. The van der Waals surface area contributed by atoms with Gasteiger partial charge in [-0.1, -0.05) is 0 Å². The minimum atomic E-state index is -0.751. The highest BCUT2D eigenvalue weighted by atomic mass is 32.2. The fourth-order valence-corrected chi connectivity index (χ4v) is 1.08. The van der Waals surface area contributed by atoms with E-state index in [4.69, 9.17) is 5.73 Å². The van der Waals surface area contributed by atoms with Crippen LogP contribution in [0.2, 0.25) is 0 Å². The first-order valence-electron chi connectivity index (χ1n) is 4.04. The zero-order chi connectivity index (χ0) is 9.61. The molecule has 4 heteroatoms. The first-order chi connectivity index (χ1) is 5.48. The molecule has 0 unspecified atom stereocenters. The van der Waals surface area contributed by atoms with Gasteiger partial charge in [-0.3, -0.25) is 4.79 Å². The maximum absolute atomic E-state index is 11.2. The number of hydrogen-bond acceptors (Lipinski definition) is 3. The van der Waals surface area contributed by atoms with Gasteiger partial charge in [0.25, 0.3) is 0 Å². The van der Waals surface area contributed by atoms with E-state index in [9.17, 15) is 4.79 Å². The van der Waals surface area contributed by atoms with E-state index in [0.717, 1.165) is 18.7 Å². The Labute approximate surface area is 78.5 Å². The Morgan fingerprint density at radius 1 is 1.58 bits per heavy atom. The zero-order valence-corrected chi connectivity index (χ0v) is 8.83. The molecule has 0 heterocycles. The summed E-state index contributed by atoms with van der Waals surface area (Å²) in [5.74, 6) is 0.995. The summed E-state index contributed by atoms with van der Waals surface area (Å²) in [7, 11) is 0.